The Hall–Kier alpha value is -2.60. The fourth-order valence-electron chi connectivity index (χ4n) is 3.33. The van der Waals surface area contributed by atoms with Crippen molar-refractivity contribution in [2.75, 3.05) is 25.0 Å². The largest absolute Gasteiger partial charge is 0.310 e. The van der Waals surface area contributed by atoms with Crippen LogP contribution in [0.2, 0.25) is 0 Å². The van der Waals surface area contributed by atoms with E-state index in [9.17, 15) is 14.0 Å². The molecule has 1 aliphatic heterocycles. The van der Waals surface area contributed by atoms with Crippen LogP contribution in [0, 0.1) is 11.7 Å². The van der Waals surface area contributed by atoms with Gasteiger partial charge in [-0.2, -0.15) is 0 Å². The highest BCUT2D eigenvalue weighted by atomic mass is 19.1. The number of rotatable bonds is 7. The van der Waals surface area contributed by atoms with Crippen molar-refractivity contribution < 1.29 is 14.0 Å². The number of likely N-dealkylation sites (tertiary alicyclic amines) is 1. The van der Waals surface area contributed by atoms with Crippen molar-refractivity contribution in [2.24, 2.45) is 5.92 Å². The van der Waals surface area contributed by atoms with Crippen LogP contribution in [0.25, 0.3) is 0 Å². The average molecular weight is 369 g/mol. The van der Waals surface area contributed by atoms with Gasteiger partial charge in [-0.1, -0.05) is 6.07 Å². The highest BCUT2D eigenvalue weighted by molar-refractivity contribution is 5.96. The molecule has 2 aromatic rings. The van der Waals surface area contributed by atoms with Crippen molar-refractivity contribution in [3.63, 3.8) is 0 Å². The quantitative estimate of drug-likeness (QED) is 0.759. The molecular weight excluding hydrogens is 345 g/mol. The van der Waals surface area contributed by atoms with E-state index < -0.39 is 0 Å². The number of nitrogens with one attached hydrogen (secondary N) is 1. The van der Waals surface area contributed by atoms with Gasteiger partial charge in [0.25, 0.3) is 0 Å². The molecule has 27 heavy (non-hydrogen) atoms. The first kappa shape index (κ1) is 19.2. The minimum atomic E-state index is -0.332. The third-order valence-electron chi connectivity index (χ3n) is 4.92. The highest BCUT2D eigenvalue weighted by Crippen LogP contribution is 2.19. The number of anilines is 1. The number of Topliss-reactive ketones (excluding diaryl/α,β-unsaturated/α-hetero) is 1. The lowest BCUT2D eigenvalue weighted by Gasteiger charge is -2.31. The summed E-state index contributed by atoms with van der Waals surface area (Å²) in [6.45, 7) is 2.54. The third-order valence-corrected chi connectivity index (χ3v) is 4.92. The maximum atomic E-state index is 12.9. The van der Waals surface area contributed by atoms with Crippen molar-refractivity contribution in [1.29, 1.82) is 0 Å². The van der Waals surface area contributed by atoms with Gasteiger partial charge < -0.3 is 10.2 Å². The van der Waals surface area contributed by atoms with E-state index in [0.717, 1.165) is 38.9 Å². The molecule has 3 rings (SSSR count). The Balaban J connectivity index is 1.36. The molecule has 0 saturated carbocycles. The Morgan fingerprint density at radius 1 is 1.11 bits per heavy atom. The standard InChI is InChI=1S/C21H24FN3O2/c22-18-8-6-16(7-9-18)19(26)4-3-13-25-14-10-17(11-15-25)21(27)24-20-5-1-2-12-23-20/h1-2,5-9,12,17H,3-4,10-11,13-15H2,(H,23,24,27). The van der Waals surface area contributed by atoms with Crippen LogP contribution in [0.5, 0.6) is 0 Å². The Morgan fingerprint density at radius 3 is 2.52 bits per heavy atom. The summed E-state index contributed by atoms with van der Waals surface area (Å²) in [5.74, 6) is 0.328. The molecule has 142 valence electrons. The number of nitrogens with zero attached hydrogens (tertiary/aromatic N) is 2. The molecule has 6 heteroatoms. The van der Waals surface area contributed by atoms with Crippen molar-refractivity contribution >= 4 is 17.5 Å². The van der Waals surface area contributed by atoms with Gasteiger partial charge in [-0.05, 0) is 75.3 Å². The Kier molecular flexibility index (Phi) is 6.65. The first-order valence-corrected chi connectivity index (χ1v) is 9.35. The van der Waals surface area contributed by atoms with Crippen molar-refractivity contribution in [1.82, 2.24) is 9.88 Å². The number of piperidine rings is 1. The van der Waals surface area contributed by atoms with Gasteiger partial charge in [0.15, 0.2) is 5.78 Å². The summed E-state index contributed by atoms with van der Waals surface area (Å²) in [6.07, 6.45) is 4.49. The zero-order chi connectivity index (χ0) is 19.1. The predicted octanol–water partition coefficient (Wildman–Crippen LogP) is 3.53. The monoisotopic (exact) mass is 369 g/mol. The number of amides is 1. The molecule has 1 aromatic carbocycles. The van der Waals surface area contributed by atoms with Crippen LogP contribution in [0.1, 0.15) is 36.0 Å². The summed E-state index contributed by atoms with van der Waals surface area (Å²) in [5.41, 5.74) is 0.557. The van der Waals surface area contributed by atoms with Crippen LogP contribution in [-0.4, -0.2) is 41.2 Å². The average Bonchev–Trinajstić information content (AvgIpc) is 2.69. The number of benzene rings is 1. The number of carbonyl (C=O) groups excluding carboxylic acids is 2. The molecule has 1 fully saturated rings. The summed E-state index contributed by atoms with van der Waals surface area (Å²) < 4.78 is 12.9. The minimum absolute atomic E-state index is 0.00380. The van der Waals surface area contributed by atoms with Gasteiger partial charge in [-0.25, -0.2) is 9.37 Å². The summed E-state index contributed by atoms with van der Waals surface area (Å²) in [6, 6.07) is 11.1. The fourth-order valence-corrected chi connectivity index (χ4v) is 3.33. The second-order valence-corrected chi connectivity index (χ2v) is 6.85. The number of aromatic nitrogens is 1. The molecule has 1 aromatic heterocycles. The lowest BCUT2D eigenvalue weighted by Crippen LogP contribution is -2.38. The molecular formula is C21H24FN3O2. The zero-order valence-corrected chi connectivity index (χ0v) is 15.2. The van der Waals surface area contributed by atoms with Gasteiger partial charge in [-0.15, -0.1) is 0 Å². The van der Waals surface area contributed by atoms with E-state index in [1.54, 1.807) is 12.3 Å². The van der Waals surface area contributed by atoms with E-state index >= 15 is 0 Å². The number of ketones is 1. The fraction of sp³-hybridized carbons (Fsp3) is 0.381. The van der Waals surface area contributed by atoms with E-state index in [-0.39, 0.29) is 23.4 Å². The minimum Gasteiger partial charge on any atom is -0.310 e. The topological polar surface area (TPSA) is 62.3 Å². The van der Waals surface area contributed by atoms with E-state index in [1.807, 2.05) is 12.1 Å². The summed E-state index contributed by atoms with van der Waals surface area (Å²) in [5, 5.41) is 2.87. The number of hydrogen-bond donors (Lipinski definition) is 1. The second-order valence-electron chi connectivity index (χ2n) is 6.85. The van der Waals surface area contributed by atoms with Crippen LogP contribution in [0.3, 0.4) is 0 Å². The van der Waals surface area contributed by atoms with Gasteiger partial charge in [-0.3, -0.25) is 9.59 Å². The Labute approximate surface area is 158 Å². The molecule has 1 amide bonds. The van der Waals surface area contributed by atoms with E-state index in [0.29, 0.717) is 17.8 Å². The van der Waals surface area contributed by atoms with Crippen LogP contribution in [0.4, 0.5) is 10.2 Å². The molecule has 0 unspecified atom stereocenters. The summed E-state index contributed by atoms with van der Waals surface area (Å²) in [4.78, 5) is 30.8. The molecule has 1 saturated heterocycles. The first-order valence-electron chi connectivity index (χ1n) is 9.35. The second kappa shape index (κ2) is 9.37. The van der Waals surface area contributed by atoms with E-state index in [4.69, 9.17) is 0 Å². The molecule has 0 bridgehead atoms. The van der Waals surface area contributed by atoms with Crippen molar-refractivity contribution in [2.45, 2.75) is 25.7 Å². The van der Waals surface area contributed by atoms with Gasteiger partial charge in [0.2, 0.25) is 5.91 Å². The zero-order valence-electron chi connectivity index (χ0n) is 15.2. The lowest BCUT2D eigenvalue weighted by molar-refractivity contribution is -0.121. The normalized spacial score (nSPS) is 15.4. The SMILES string of the molecule is O=C(CCCN1CCC(C(=O)Nc2ccccn2)CC1)c1ccc(F)cc1. The molecule has 1 N–H and O–H groups in total. The maximum Gasteiger partial charge on any atom is 0.228 e. The summed E-state index contributed by atoms with van der Waals surface area (Å²) >= 11 is 0. The van der Waals surface area contributed by atoms with E-state index in [1.165, 1.54) is 24.3 Å². The van der Waals surface area contributed by atoms with E-state index in [2.05, 4.69) is 15.2 Å². The number of halogens is 1. The first-order chi connectivity index (χ1) is 13.1. The number of carbonyl (C=O) groups is 2. The summed E-state index contributed by atoms with van der Waals surface area (Å²) in [7, 11) is 0. The Morgan fingerprint density at radius 2 is 1.85 bits per heavy atom. The number of hydrogen-bond acceptors (Lipinski definition) is 4. The predicted molar refractivity (Wildman–Crippen MR) is 102 cm³/mol. The van der Waals surface area contributed by atoms with Crippen molar-refractivity contribution in [3.8, 4) is 0 Å². The highest BCUT2D eigenvalue weighted by Gasteiger charge is 2.25. The molecule has 5 nitrogen and oxygen atoms in total. The molecule has 0 atom stereocenters. The van der Waals surface area contributed by atoms with Gasteiger partial charge in [0, 0.05) is 24.1 Å². The van der Waals surface area contributed by atoms with Gasteiger partial charge in [0.05, 0.1) is 0 Å². The van der Waals surface area contributed by atoms with Gasteiger partial charge in [0.1, 0.15) is 11.6 Å². The molecule has 0 aliphatic carbocycles. The van der Waals surface area contributed by atoms with Crippen LogP contribution in [-0.2, 0) is 4.79 Å². The number of pyridine rings is 1. The molecule has 0 spiro atoms. The van der Waals surface area contributed by atoms with Crippen LogP contribution < -0.4 is 5.32 Å². The Bertz CT molecular complexity index is 757. The smallest absolute Gasteiger partial charge is 0.228 e. The molecule has 1 aliphatic rings. The maximum absolute atomic E-state index is 12.9. The van der Waals surface area contributed by atoms with Crippen LogP contribution in [0.15, 0.2) is 48.7 Å². The van der Waals surface area contributed by atoms with Crippen molar-refractivity contribution in [3.05, 3.63) is 60.0 Å². The molecule has 0 radical (unpaired) electrons. The lowest BCUT2D eigenvalue weighted by atomic mass is 9.95. The molecule has 2 heterocycles. The van der Waals surface area contributed by atoms with Gasteiger partial charge >= 0.3 is 0 Å². The van der Waals surface area contributed by atoms with Crippen LogP contribution >= 0.6 is 0 Å². The third kappa shape index (κ3) is 5.69.